The SMILES string of the molecule is COc1cc(=O)n(-c2ccccc2)nc1C(=O)N1CCCCCC1. The molecule has 3 rings (SSSR count). The summed E-state index contributed by atoms with van der Waals surface area (Å²) in [6.07, 6.45) is 4.26. The van der Waals surface area contributed by atoms with Gasteiger partial charge in [0.25, 0.3) is 11.5 Å². The minimum Gasteiger partial charge on any atom is -0.494 e. The molecule has 2 aromatic rings. The van der Waals surface area contributed by atoms with Gasteiger partial charge < -0.3 is 9.64 Å². The first-order valence-corrected chi connectivity index (χ1v) is 8.24. The second kappa shape index (κ2) is 7.29. The van der Waals surface area contributed by atoms with Crippen molar-refractivity contribution in [1.82, 2.24) is 14.7 Å². The Morgan fingerprint density at radius 3 is 2.38 bits per heavy atom. The fourth-order valence-electron chi connectivity index (χ4n) is 2.92. The number of hydrogen-bond acceptors (Lipinski definition) is 4. The number of rotatable bonds is 3. The largest absolute Gasteiger partial charge is 0.494 e. The summed E-state index contributed by atoms with van der Waals surface area (Å²) in [5.41, 5.74) is 0.475. The molecule has 0 aliphatic carbocycles. The molecule has 1 amide bonds. The molecule has 1 aromatic carbocycles. The van der Waals surface area contributed by atoms with Gasteiger partial charge in [-0.05, 0) is 25.0 Å². The highest BCUT2D eigenvalue weighted by molar-refractivity contribution is 5.94. The van der Waals surface area contributed by atoms with E-state index in [1.54, 1.807) is 17.0 Å². The molecule has 0 saturated carbocycles. The van der Waals surface area contributed by atoms with Crippen LogP contribution in [0.3, 0.4) is 0 Å². The maximum Gasteiger partial charge on any atom is 0.278 e. The van der Waals surface area contributed by atoms with Crippen molar-refractivity contribution >= 4 is 5.91 Å². The number of nitrogens with zero attached hydrogens (tertiary/aromatic N) is 3. The lowest BCUT2D eigenvalue weighted by Gasteiger charge is -2.21. The van der Waals surface area contributed by atoms with E-state index in [2.05, 4.69) is 5.10 Å². The fourth-order valence-corrected chi connectivity index (χ4v) is 2.92. The average Bonchev–Trinajstić information content (AvgIpc) is 2.91. The molecule has 0 unspecified atom stereocenters. The van der Waals surface area contributed by atoms with E-state index in [-0.39, 0.29) is 22.9 Å². The summed E-state index contributed by atoms with van der Waals surface area (Å²) in [6.45, 7) is 1.43. The van der Waals surface area contributed by atoms with Gasteiger partial charge in [0, 0.05) is 13.1 Å². The quantitative estimate of drug-likeness (QED) is 0.867. The summed E-state index contributed by atoms with van der Waals surface area (Å²) in [5, 5.41) is 4.31. The Bertz CT molecular complexity index is 763. The number of likely N-dealkylation sites (tertiary alicyclic amines) is 1. The van der Waals surface area contributed by atoms with Crippen LogP contribution in [0.4, 0.5) is 0 Å². The zero-order valence-electron chi connectivity index (χ0n) is 13.8. The Morgan fingerprint density at radius 1 is 1.08 bits per heavy atom. The third kappa shape index (κ3) is 3.32. The predicted molar refractivity (Wildman–Crippen MR) is 90.8 cm³/mol. The lowest BCUT2D eigenvalue weighted by Crippen LogP contribution is -2.34. The van der Waals surface area contributed by atoms with Gasteiger partial charge in [0.2, 0.25) is 0 Å². The van der Waals surface area contributed by atoms with Crippen molar-refractivity contribution in [2.24, 2.45) is 0 Å². The second-order valence-corrected chi connectivity index (χ2v) is 5.85. The number of benzene rings is 1. The lowest BCUT2D eigenvalue weighted by molar-refractivity contribution is 0.0749. The second-order valence-electron chi connectivity index (χ2n) is 5.85. The van der Waals surface area contributed by atoms with Crippen molar-refractivity contribution in [2.75, 3.05) is 20.2 Å². The predicted octanol–water partition coefficient (Wildman–Crippen LogP) is 2.26. The van der Waals surface area contributed by atoms with Crippen LogP contribution in [0.15, 0.2) is 41.2 Å². The molecule has 1 aliphatic heterocycles. The number of carbonyl (C=O) groups excluding carboxylic acids is 1. The average molecular weight is 327 g/mol. The maximum absolute atomic E-state index is 12.9. The number of methoxy groups -OCH3 is 1. The van der Waals surface area contributed by atoms with Crippen LogP contribution in [0.1, 0.15) is 36.2 Å². The molecule has 0 bridgehead atoms. The van der Waals surface area contributed by atoms with E-state index in [0.29, 0.717) is 18.8 Å². The van der Waals surface area contributed by atoms with Gasteiger partial charge in [0.1, 0.15) is 0 Å². The summed E-state index contributed by atoms with van der Waals surface area (Å²) in [6, 6.07) is 10.4. The Balaban J connectivity index is 2.02. The normalized spacial score (nSPS) is 15.0. The van der Waals surface area contributed by atoms with Crippen LogP contribution < -0.4 is 10.3 Å². The van der Waals surface area contributed by atoms with Crippen LogP contribution >= 0.6 is 0 Å². The molecule has 24 heavy (non-hydrogen) atoms. The molecule has 0 spiro atoms. The summed E-state index contributed by atoms with van der Waals surface area (Å²) < 4.78 is 6.48. The zero-order valence-corrected chi connectivity index (χ0v) is 13.8. The maximum atomic E-state index is 12.9. The number of ether oxygens (including phenoxy) is 1. The van der Waals surface area contributed by atoms with E-state index >= 15 is 0 Å². The van der Waals surface area contributed by atoms with Crippen LogP contribution in [0.2, 0.25) is 0 Å². The molecule has 1 saturated heterocycles. The number of amides is 1. The summed E-state index contributed by atoms with van der Waals surface area (Å²) in [5.74, 6) is 0.0415. The topological polar surface area (TPSA) is 64.4 Å². The van der Waals surface area contributed by atoms with E-state index in [9.17, 15) is 9.59 Å². The van der Waals surface area contributed by atoms with Gasteiger partial charge in [-0.2, -0.15) is 9.78 Å². The van der Waals surface area contributed by atoms with Crippen molar-refractivity contribution in [1.29, 1.82) is 0 Å². The Labute approximate surface area is 140 Å². The number of hydrogen-bond donors (Lipinski definition) is 0. The molecular weight excluding hydrogens is 306 g/mol. The van der Waals surface area contributed by atoms with Crippen LogP contribution in [-0.2, 0) is 0 Å². The highest BCUT2D eigenvalue weighted by Gasteiger charge is 2.24. The molecule has 1 fully saturated rings. The molecule has 0 radical (unpaired) electrons. The molecule has 1 aromatic heterocycles. The molecule has 2 heterocycles. The number of carbonyl (C=O) groups is 1. The third-order valence-electron chi connectivity index (χ3n) is 4.21. The van der Waals surface area contributed by atoms with E-state index in [4.69, 9.17) is 4.74 Å². The van der Waals surface area contributed by atoms with Crippen LogP contribution in [-0.4, -0.2) is 40.8 Å². The monoisotopic (exact) mass is 327 g/mol. The number of aromatic nitrogens is 2. The molecule has 6 heteroatoms. The van der Waals surface area contributed by atoms with E-state index in [1.165, 1.54) is 17.9 Å². The lowest BCUT2D eigenvalue weighted by atomic mass is 10.2. The van der Waals surface area contributed by atoms with Gasteiger partial charge in [0.05, 0.1) is 18.9 Å². The Morgan fingerprint density at radius 2 is 1.75 bits per heavy atom. The molecule has 126 valence electrons. The first-order valence-electron chi connectivity index (χ1n) is 8.24. The molecule has 1 aliphatic rings. The minimum absolute atomic E-state index is 0.182. The van der Waals surface area contributed by atoms with Crippen molar-refractivity contribution in [3.8, 4) is 11.4 Å². The van der Waals surface area contributed by atoms with E-state index in [1.807, 2.05) is 18.2 Å². The first-order chi connectivity index (χ1) is 11.7. The van der Waals surface area contributed by atoms with Crippen LogP contribution in [0.5, 0.6) is 5.75 Å². The summed E-state index contributed by atoms with van der Waals surface area (Å²) in [7, 11) is 1.45. The van der Waals surface area contributed by atoms with Crippen LogP contribution in [0, 0.1) is 0 Å². The van der Waals surface area contributed by atoms with Crippen molar-refractivity contribution < 1.29 is 9.53 Å². The molecule has 6 nitrogen and oxygen atoms in total. The Kier molecular flexibility index (Phi) is 4.93. The Hall–Kier alpha value is -2.63. The van der Waals surface area contributed by atoms with Gasteiger partial charge in [0.15, 0.2) is 11.4 Å². The first kappa shape index (κ1) is 16.2. The molecular formula is C18H21N3O3. The smallest absolute Gasteiger partial charge is 0.278 e. The van der Waals surface area contributed by atoms with Gasteiger partial charge in [-0.15, -0.1) is 0 Å². The molecule has 0 N–H and O–H groups in total. The van der Waals surface area contributed by atoms with Gasteiger partial charge in [-0.1, -0.05) is 31.0 Å². The standard InChI is InChI=1S/C18H21N3O3/c1-24-15-13-16(22)21(14-9-5-4-6-10-14)19-17(15)18(23)20-11-7-2-3-8-12-20/h4-6,9-10,13H,2-3,7-8,11-12H2,1H3. The zero-order chi connectivity index (χ0) is 16.9. The van der Waals surface area contributed by atoms with Crippen molar-refractivity contribution in [3.05, 3.63) is 52.4 Å². The fraction of sp³-hybridized carbons (Fsp3) is 0.389. The number of para-hydroxylation sites is 1. The van der Waals surface area contributed by atoms with Gasteiger partial charge in [-0.3, -0.25) is 9.59 Å². The van der Waals surface area contributed by atoms with Crippen molar-refractivity contribution in [2.45, 2.75) is 25.7 Å². The van der Waals surface area contributed by atoms with E-state index in [0.717, 1.165) is 25.7 Å². The highest BCUT2D eigenvalue weighted by Crippen LogP contribution is 2.19. The van der Waals surface area contributed by atoms with Crippen LogP contribution in [0.25, 0.3) is 5.69 Å². The minimum atomic E-state index is -0.328. The highest BCUT2D eigenvalue weighted by atomic mass is 16.5. The third-order valence-corrected chi connectivity index (χ3v) is 4.21. The van der Waals surface area contributed by atoms with E-state index < -0.39 is 0 Å². The summed E-state index contributed by atoms with van der Waals surface area (Å²) in [4.78, 5) is 27.0. The summed E-state index contributed by atoms with van der Waals surface area (Å²) >= 11 is 0. The van der Waals surface area contributed by atoms with Gasteiger partial charge >= 0.3 is 0 Å². The van der Waals surface area contributed by atoms with Gasteiger partial charge in [-0.25, -0.2) is 0 Å². The molecule has 0 atom stereocenters. The van der Waals surface area contributed by atoms with Crippen molar-refractivity contribution in [3.63, 3.8) is 0 Å².